The molecule has 2 N–H and O–H groups in total. The Morgan fingerprint density at radius 2 is 1.77 bits per heavy atom. The van der Waals surface area contributed by atoms with Crippen LogP contribution >= 0.6 is 0 Å². The van der Waals surface area contributed by atoms with Gasteiger partial charge >= 0.3 is 0 Å². The lowest BCUT2D eigenvalue weighted by Gasteiger charge is -2.32. The lowest BCUT2D eigenvalue weighted by Crippen LogP contribution is -2.21. The molecule has 31 heavy (non-hydrogen) atoms. The Balaban J connectivity index is 1.36. The fourth-order valence-corrected chi connectivity index (χ4v) is 5.08. The van der Waals surface area contributed by atoms with Gasteiger partial charge in [0.1, 0.15) is 11.6 Å². The van der Waals surface area contributed by atoms with Crippen LogP contribution in [0.15, 0.2) is 60.8 Å². The minimum atomic E-state index is -0.207. The SMILES string of the molecule is C[C@@H](c1nnc(N)n1-c1ccccc1)C1CCC(c2ccnc3ccc(F)cc23)CC1. The second-order valence-corrected chi connectivity index (χ2v) is 8.55. The number of pyridine rings is 1. The minimum Gasteiger partial charge on any atom is -0.368 e. The van der Waals surface area contributed by atoms with Crippen molar-refractivity contribution < 1.29 is 4.39 Å². The average molecular weight is 416 g/mol. The molecule has 5 rings (SSSR count). The number of rotatable bonds is 4. The molecule has 4 aromatic rings. The first-order chi connectivity index (χ1) is 15.1. The van der Waals surface area contributed by atoms with E-state index < -0.39 is 0 Å². The average Bonchev–Trinajstić information content (AvgIpc) is 3.20. The van der Waals surface area contributed by atoms with Crippen LogP contribution in [0.3, 0.4) is 0 Å². The van der Waals surface area contributed by atoms with Crippen LogP contribution in [0.1, 0.15) is 55.8 Å². The van der Waals surface area contributed by atoms with Crippen molar-refractivity contribution in [2.75, 3.05) is 5.73 Å². The molecule has 0 radical (unpaired) electrons. The van der Waals surface area contributed by atoms with E-state index in [2.05, 4.69) is 28.2 Å². The lowest BCUT2D eigenvalue weighted by atomic mass is 9.73. The fourth-order valence-electron chi connectivity index (χ4n) is 5.08. The van der Waals surface area contributed by atoms with Crippen LogP contribution in [0, 0.1) is 11.7 Å². The Kier molecular flexibility index (Phi) is 5.14. The van der Waals surface area contributed by atoms with Gasteiger partial charge in [-0.2, -0.15) is 0 Å². The number of nitrogen functional groups attached to an aromatic ring is 1. The Morgan fingerprint density at radius 1 is 1.00 bits per heavy atom. The summed E-state index contributed by atoms with van der Waals surface area (Å²) in [6.45, 7) is 2.23. The van der Waals surface area contributed by atoms with E-state index in [0.29, 0.717) is 17.8 Å². The number of benzene rings is 2. The summed E-state index contributed by atoms with van der Waals surface area (Å²) >= 11 is 0. The fraction of sp³-hybridized carbons (Fsp3) is 0.320. The van der Waals surface area contributed by atoms with Crippen molar-refractivity contribution in [2.24, 2.45) is 5.92 Å². The second kappa shape index (κ2) is 8.10. The van der Waals surface area contributed by atoms with Gasteiger partial charge in [-0.3, -0.25) is 9.55 Å². The molecule has 0 unspecified atom stereocenters. The number of anilines is 1. The summed E-state index contributed by atoms with van der Waals surface area (Å²) in [4.78, 5) is 4.41. The topological polar surface area (TPSA) is 69.6 Å². The van der Waals surface area contributed by atoms with Crippen molar-refractivity contribution in [2.45, 2.75) is 44.4 Å². The maximum absolute atomic E-state index is 13.9. The van der Waals surface area contributed by atoms with Crippen molar-refractivity contribution in [3.05, 3.63) is 78.0 Å². The summed E-state index contributed by atoms with van der Waals surface area (Å²) in [6, 6.07) is 17.0. The molecule has 1 saturated carbocycles. The molecule has 6 heteroatoms. The van der Waals surface area contributed by atoms with Crippen molar-refractivity contribution in [1.29, 1.82) is 0 Å². The van der Waals surface area contributed by atoms with E-state index in [-0.39, 0.29) is 11.7 Å². The summed E-state index contributed by atoms with van der Waals surface area (Å²) in [6.07, 6.45) is 6.16. The first kappa shape index (κ1) is 19.7. The van der Waals surface area contributed by atoms with E-state index in [1.807, 2.05) is 41.1 Å². The van der Waals surface area contributed by atoms with E-state index in [4.69, 9.17) is 5.73 Å². The number of halogens is 1. The third kappa shape index (κ3) is 3.67. The van der Waals surface area contributed by atoms with Gasteiger partial charge in [0.25, 0.3) is 0 Å². The van der Waals surface area contributed by atoms with Gasteiger partial charge in [0.05, 0.1) is 11.2 Å². The quantitative estimate of drug-likeness (QED) is 0.470. The van der Waals surface area contributed by atoms with Crippen molar-refractivity contribution in [1.82, 2.24) is 19.7 Å². The molecule has 158 valence electrons. The zero-order chi connectivity index (χ0) is 21.4. The second-order valence-electron chi connectivity index (χ2n) is 8.55. The standard InChI is InChI=1S/C25H26FN5/c1-16(24-29-30-25(27)31(24)20-5-3-2-4-6-20)17-7-9-18(10-8-17)21-13-14-28-23-12-11-19(26)15-22(21)23/h2-6,11-18H,7-10H2,1H3,(H2,27,30)/t16-,17?,18?/m1/s1. The van der Waals surface area contributed by atoms with E-state index in [1.54, 1.807) is 12.1 Å². The molecule has 0 bridgehead atoms. The van der Waals surface area contributed by atoms with Gasteiger partial charge in [-0.05, 0) is 79.5 Å². The van der Waals surface area contributed by atoms with E-state index in [1.165, 1.54) is 11.6 Å². The number of aromatic nitrogens is 4. The number of nitrogens with two attached hydrogens (primary N) is 1. The molecule has 1 fully saturated rings. The van der Waals surface area contributed by atoms with Gasteiger partial charge in [0.2, 0.25) is 5.95 Å². The third-order valence-corrected chi connectivity index (χ3v) is 6.79. The van der Waals surface area contributed by atoms with Crippen LogP contribution in [-0.2, 0) is 0 Å². The number of para-hydroxylation sites is 1. The Labute approximate surface area is 181 Å². The molecule has 1 aliphatic carbocycles. The monoisotopic (exact) mass is 415 g/mol. The van der Waals surface area contributed by atoms with E-state index in [9.17, 15) is 4.39 Å². The molecular formula is C25H26FN5. The molecule has 1 atom stereocenters. The lowest BCUT2D eigenvalue weighted by molar-refractivity contribution is 0.284. The summed E-state index contributed by atoms with van der Waals surface area (Å²) in [7, 11) is 0. The predicted molar refractivity (Wildman–Crippen MR) is 121 cm³/mol. The normalized spacial score (nSPS) is 20.1. The molecule has 1 aliphatic rings. The molecule has 0 saturated heterocycles. The van der Waals surface area contributed by atoms with Crippen LogP contribution in [0.4, 0.5) is 10.3 Å². The van der Waals surface area contributed by atoms with Gasteiger partial charge in [0, 0.05) is 17.5 Å². The van der Waals surface area contributed by atoms with Gasteiger partial charge in [0.15, 0.2) is 0 Å². The van der Waals surface area contributed by atoms with Crippen LogP contribution in [0.5, 0.6) is 0 Å². The van der Waals surface area contributed by atoms with Crippen LogP contribution in [-0.4, -0.2) is 19.7 Å². The minimum absolute atomic E-state index is 0.207. The number of nitrogens with zero attached hydrogens (tertiary/aromatic N) is 4. The summed E-state index contributed by atoms with van der Waals surface area (Å²) in [5, 5.41) is 9.54. The summed E-state index contributed by atoms with van der Waals surface area (Å²) in [5.74, 6) is 2.31. The molecular weight excluding hydrogens is 389 g/mol. The van der Waals surface area contributed by atoms with Crippen LogP contribution < -0.4 is 5.73 Å². The molecule has 5 nitrogen and oxygen atoms in total. The smallest absolute Gasteiger partial charge is 0.226 e. The molecule has 2 heterocycles. The van der Waals surface area contributed by atoms with E-state index in [0.717, 1.165) is 48.1 Å². The highest BCUT2D eigenvalue weighted by Gasteiger charge is 2.30. The number of hydrogen-bond donors (Lipinski definition) is 1. The summed E-state index contributed by atoms with van der Waals surface area (Å²) in [5.41, 5.74) is 9.23. The van der Waals surface area contributed by atoms with Crippen LogP contribution in [0.25, 0.3) is 16.6 Å². The van der Waals surface area contributed by atoms with Crippen molar-refractivity contribution in [3.8, 4) is 5.69 Å². The Bertz CT molecular complexity index is 1200. The number of hydrogen-bond acceptors (Lipinski definition) is 4. The highest BCUT2D eigenvalue weighted by atomic mass is 19.1. The Hall–Kier alpha value is -3.28. The van der Waals surface area contributed by atoms with Crippen molar-refractivity contribution in [3.63, 3.8) is 0 Å². The first-order valence-electron chi connectivity index (χ1n) is 10.9. The number of fused-ring (bicyclic) bond motifs is 1. The largest absolute Gasteiger partial charge is 0.368 e. The molecule has 2 aromatic heterocycles. The maximum atomic E-state index is 13.9. The zero-order valence-corrected chi connectivity index (χ0v) is 17.6. The van der Waals surface area contributed by atoms with Gasteiger partial charge in [-0.15, -0.1) is 10.2 Å². The van der Waals surface area contributed by atoms with Crippen molar-refractivity contribution >= 4 is 16.9 Å². The highest BCUT2D eigenvalue weighted by molar-refractivity contribution is 5.82. The van der Waals surface area contributed by atoms with Gasteiger partial charge in [-0.1, -0.05) is 25.1 Å². The van der Waals surface area contributed by atoms with E-state index >= 15 is 0 Å². The predicted octanol–water partition coefficient (Wildman–Crippen LogP) is 5.61. The Morgan fingerprint density at radius 3 is 2.55 bits per heavy atom. The van der Waals surface area contributed by atoms with Crippen LogP contribution in [0.2, 0.25) is 0 Å². The maximum Gasteiger partial charge on any atom is 0.226 e. The van der Waals surface area contributed by atoms with Gasteiger partial charge < -0.3 is 5.73 Å². The highest BCUT2D eigenvalue weighted by Crippen LogP contribution is 2.43. The van der Waals surface area contributed by atoms with Gasteiger partial charge in [-0.25, -0.2) is 4.39 Å². The molecule has 0 spiro atoms. The molecule has 0 aliphatic heterocycles. The zero-order valence-electron chi connectivity index (χ0n) is 17.6. The first-order valence-corrected chi connectivity index (χ1v) is 10.9. The molecule has 0 amide bonds. The molecule has 2 aromatic carbocycles. The summed E-state index contributed by atoms with van der Waals surface area (Å²) < 4.78 is 15.8. The third-order valence-electron chi connectivity index (χ3n) is 6.79.